The molecule has 0 amide bonds. The van der Waals surface area contributed by atoms with Gasteiger partial charge < -0.3 is 10.0 Å². The van der Waals surface area contributed by atoms with Gasteiger partial charge in [0.1, 0.15) is 0 Å². The van der Waals surface area contributed by atoms with Gasteiger partial charge in [0.05, 0.1) is 22.6 Å². The molecule has 122 valence electrons. The van der Waals surface area contributed by atoms with Crippen molar-refractivity contribution >= 4 is 32.4 Å². The first-order chi connectivity index (χ1) is 10.8. The van der Waals surface area contributed by atoms with Crippen molar-refractivity contribution in [2.75, 3.05) is 23.5 Å². The van der Waals surface area contributed by atoms with Crippen LogP contribution >= 0.6 is 0 Å². The second kappa shape index (κ2) is 5.49. The molecule has 0 unspecified atom stereocenters. The molecule has 23 heavy (non-hydrogen) atoms. The van der Waals surface area contributed by atoms with E-state index >= 15 is 0 Å². The summed E-state index contributed by atoms with van der Waals surface area (Å²) >= 11 is 0. The van der Waals surface area contributed by atoms with E-state index in [1.165, 1.54) is 6.07 Å². The molecule has 1 aliphatic rings. The third-order valence-corrected chi connectivity index (χ3v) is 6.05. The quantitative estimate of drug-likeness (QED) is 0.922. The van der Waals surface area contributed by atoms with E-state index in [0.717, 1.165) is 16.8 Å². The average Bonchev–Trinajstić information content (AvgIpc) is 2.85. The molecule has 1 N–H and O–H groups in total. The van der Waals surface area contributed by atoms with E-state index in [4.69, 9.17) is 0 Å². The van der Waals surface area contributed by atoms with Gasteiger partial charge in [-0.1, -0.05) is 0 Å². The van der Waals surface area contributed by atoms with E-state index in [0.29, 0.717) is 11.9 Å². The first-order valence-corrected chi connectivity index (χ1v) is 9.17. The van der Waals surface area contributed by atoms with Crippen LogP contribution in [0.3, 0.4) is 0 Å². The third-order valence-electron chi connectivity index (χ3n) is 4.30. The Morgan fingerprint density at radius 3 is 2.70 bits per heavy atom. The fraction of sp³-hybridized carbons (Fsp3) is 0.375. The van der Waals surface area contributed by atoms with Crippen molar-refractivity contribution in [3.05, 3.63) is 35.5 Å². The van der Waals surface area contributed by atoms with Crippen LogP contribution in [-0.2, 0) is 9.84 Å². The van der Waals surface area contributed by atoms with Crippen LogP contribution in [0.2, 0.25) is 0 Å². The SMILES string of the molecule is Cc1cc(N(C)[C@H]2CCS(=O)(=O)C2)c2cc(C(=O)O)ccc2n1. The van der Waals surface area contributed by atoms with Gasteiger partial charge in [0.2, 0.25) is 0 Å². The lowest BCUT2D eigenvalue weighted by Crippen LogP contribution is -2.32. The summed E-state index contributed by atoms with van der Waals surface area (Å²) in [5.41, 5.74) is 2.52. The molecule has 1 saturated heterocycles. The van der Waals surface area contributed by atoms with Crippen LogP contribution in [0, 0.1) is 6.92 Å². The highest BCUT2D eigenvalue weighted by atomic mass is 32.2. The number of carboxylic acid groups (broad SMARTS) is 1. The van der Waals surface area contributed by atoms with Crippen molar-refractivity contribution in [2.45, 2.75) is 19.4 Å². The maximum absolute atomic E-state index is 11.7. The highest BCUT2D eigenvalue weighted by Gasteiger charge is 2.31. The summed E-state index contributed by atoms with van der Waals surface area (Å²) in [4.78, 5) is 17.6. The van der Waals surface area contributed by atoms with Gasteiger partial charge in [0, 0.05) is 29.9 Å². The first kappa shape index (κ1) is 15.7. The molecule has 7 heteroatoms. The molecule has 3 rings (SSSR count). The van der Waals surface area contributed by atoms with Crippen molar-refractivity contribution in [3.63, 3.8) is 0 Å². The van der Waals surface area contributed by atoms with Gasteiger partial charge in [-0.25, -0.2) is 13.2 Å². The minimum absolute atomic E-state index is 0.0986. The van der Waals surface area contributed by atoms with E-state index in [-0.39, 0.29) is 23.1 Å². The predicted octanol–water partition coefficient (Wildman–Crippen LogP) is 1.86. The number of hydrogen-bond acceptors (Lipinski definition) is 5. The van der Waals surface area contributed by atoms with E-state index in [9.17, 15) is 18.3 Å². The number of carboxylic acids is 1. The number of fused-ring (bicyclic) bond motifs is 1. The van der Waals surface area contributed by atoms with Crippen LogP contribution in [-0.4, -0.2) is 49.1 Å². The predicted molar refractivity (Wildman–Crippen MR) is 88.9 cm³/mol. The molecule has 0 spiro atoms. The second-order valence-corrected chi connectivity index (χ2v) is 8.22. The highest BCUT2D eigenvalue weighted by molar-refractivity contribution is 7.91. The fourth-order valence-corrected chi connectivity index (χ4v) is 4.81. The topological polar surface area (TPSA) is 87.6 Å². The maximum atomic E-state index is 11.7. The van der Waals surface area contributed by atoms with E-state index < -0.39 is 15.8 Å². The minimum atomic E-state index is -2.98. The normalized spacial score (nSPS) is 19.8. The lowest BCUT2D eigenvalue weighted by Gasteiger charge is -2.27. The fourth-order valence-electron chi connectivity index (χ4n) is 3.04. The van der Waals surface area contributed by atoms with Crippen molar-refractivity contribution in [1.82, 2.24) is 4.98 Å². The number of rotatable bonds is 3. The molecular formula is C16H18N2O4S. The van der Waals surface area contributed by atoms with Crippen molar-refractivity contribution in [3.8, 4) is 0 Å². The highest BCUT2D eigenvalue weighted by Crippen LogP contribution is 2.30. The zero-order valence-corrected chi connectivity index (χ0v) is 13.8. The van der Waals surface area contributed by atoms with Gasteiger partial charge in [-0.05, 0) is 37.6 Å². The molecule has 1 aliphatic heterocycles. The van der Waals surface area contributed by atoms with Crippen LogP contribution in [0.25, 0.3) is 10.9 Å². The second-order valence-electron chi connectivity index (χ2n) is 5.99. The van der Waals surface area contributed by atoms with E-state index in [1.54, 1.807) is 12.1 Å². The lowest BCUT2D eigenvalue weighted by atomic mass is 10.1. The van der Waals surface area contributed by atoms with Gasteiger partial charge >= 0.3 is 5.97 Å². The number of pyridine rings is 1. The summed E-state index contributed by atoms with van der Waals surface area (Å²) < 4.78 is 23.5. The summed E-state index contributed by atoms with van der Waals surface area (Å²) in [7, 11) is -1.13. The van der Waals surface area contributed by atoms with Crippen LogP contribution in [0.4, 0.5) is 5.69 Å². The number of aryl methyl sites for hydroxylation is 1. The Bertz CT molecular complexity index is 892. The maximum Gasteiger partial charge on any atom is 0.335 e. The Labute approximate surface area is 134 Å². The summed E-state index contributed by atoms with van der Waals surface area (Å²) in [5, 5.41) is 9.92. The molecule has 0 saturated carbocycles. The van der Waals surface area contributed by atoms with Crippen molar-refractivity contribution < 1.29 is 18.3 Å². The molecule has 6 nitrogen and oxygen atoms in total. The third kappa shape index (κ3) is 3.01. The van der Waals surface area contributed by atoms with Gasteiger partial charge in [0.15, 0.2) is 9.84 Å². The number of sulfone groups is 1. The summed E-state index contributed by atoms with van der Waals surface area (Å²) in [6, 6.07) is 6.59. The summed E-state index contributed by atoms with van der Waals surface area (Å²) in [5.74, 6) is -0.667. The van der Waals surface area contributed by atoms with Gasteiger partial charge in [-0.3, -0.25) is 4.98 Å². The van der Waals surface area contributed by atoms with Gasteiger partial charge in [-0.15, -0.1) is 0 Å². The van der Waals surface area contributed by atoms with E-state index in [1.807, 2.05) is 24.9 Å². The Morgan fingerprint density at radius 2 is 2.09 bits per heavy atom. The zero-order valence-electron chi connectivity index (χ0n) is 13.0. The van der Waals surface area contributed by atoms with Crippen LogP contribution in [0.15, 0.2) is 24.3 Å². The molecule has 2 heterocycles. The number of nitrogens with zero attached hydrogens (tertiary/aromatic N) is 2. The first-order valence-electron chi connectivity index (χ1n) is 7.35. The average molecular weight is 334 g/mol. The molecule has 0 aliphatic carbocycles. The Morgan fingerprint density at radius 1 is 1.35 bits per heavy atom. The number of carbonyl (C=O) groups is 1. The minimum Gasteiger partial charge on any atom is -0.478 e. The Hall–Kier alpha value is -2.15. The lowest BCUT2D eigenvalue weighted by molar-refractivity contribution is 0.0697. The molecule has 1 aromatic carbocycles. The Kier molecular flexibility index (Phi) is 3.75. The number of aromatic nitrogens is 1. The number of aromatic carboxylic acids is 1. The summed E-state index contributed by atoms with van der Waals surface area (Å²) in [6.07, 6.45) is 0.584. The number of benzene rings is 1. The van der Waals surface area contributed by atoms with Crippen molar-refractivity contribution in [1.29, 1.82) is 0 Å². The van der Waals surface area contributed by atoms with Gasteiger partial charge in [-0.2, -0.15) is 0 Å². The van der Waals surface area contributed by atoms with Crippen LogP contribution < -0.4 is 4.90 Å². The molecule has 1 aromatic heterocycles. The molecule has 0 bridgehead atoms. The largest absolute Gasteiger partial charge is 0.478 e. The van der Waals surface area contributed by atoms with Crippen LogP contribution in [0.1, 0.15) is 22.5 Å². The standard InChI is InChI=1S/C16H18N2O4S/c1-10-7-15(18(2)12-5-6-23(21,22)9-12)13-8-11(16(19)20)3-4-14(13)17-10/h3-4,7-8,12H,5-6,9H2,1-2H3,(H,19,20)/t12-/m0/s1. The molecule has 1 fully saturated rings. The van der Waals surface area contributed by atoms with Crippen LogP contribution in [0.5, 0.6) is 0 Å². The van der Waals surface area contributed by atoms with Crippen molar-refractivity contribution in [2.24, 2.45) is 0 Å². The zero-order chi connectivity index (χ0) is 16.8. The number of anilines is 1. The van der Waals surface area contributed by atoms with Gasteiger partial charge in [0.25, 0.3) is 0 Å². The smallest absolute Gasteiger partial charge is 0.335 e. The molecule has 0 radical (unpaired) electrons. The number of hydrogen-bond donors (Lipinski definition) is 1. The van der Waals surface area contributed by atoms with E-state index in [2.05, 4.69) is 4.98 Å². The molecule has 2 aromatic rings. The Balaban J connectivity index is 2.11. The molecular weight excluding hydrogens is 316 g/mol. The molecule has 1 atom stereocenters. The monoisotopic (exact) mass is 334 g/mol. The summed E-state index contributed by atoms with van der Waals surface area (Å²) in [6.45, 7) is 1.87.